The third-order valence-corrected chi connectivity index (χ3v) is 7.25. The number of benzene rings is 2. The molecule has 4 rings (SSSR count). The van der Waals surface area contributed by atoms with Gasteiger partial charge < -0.3 is 24.8 Å². The van der Waals surface area contributed by atoms with Crippen LogP contribution in [0.25, 0.3) is 22.2 Å². The summed E-state index contributed by atoms with van der Waals surface area (Å²) < 4.78 is 7.19. The van der Waals surface area contributed by atoms with E-state index in [0.29, 0.717) is 29.4 Å². The summed E-state index contributed by atoms with van der Waals surface area (Å²) in [5, 5.41) is 12.2. The van der Waals surface area contributed by atoms with Crippen molar-refractivity contribution in [1.29, 1.82) is 0 Å². The molecule has 0 aliphatic heterocycles. The Bertz CT molecular complexity index is 1300. The Labute approximate surface area is 217 Å². The number of nitrogens with zero attached hydrogens (tertiary/aromatic N) is 5. The van der Waals surface area contributed by atoms with Gasteiger partial charge in [0.25, 0.3) is 0 Å². The molecule has 1 aliphatic rings. The predicted molar refractivity (Wildman–Crippen MR) is 146 cm³/mol. The van der Waals surface area contributed by atoms with Crippen molar-refractivity contribution in [3.63, 3.8) is 0 Å². The van der Waals surface area contributed by atoms with Crippen LogP contribution in [0.15, 0.2) is 30.6 Å². The molecule has 1 aliphatic carbocycles. The SMILES string of the molecule is COC(=O)c1c(N(C)CCCN(C)C)cc(-c2ccc3c(c2)ncn3C2CCCCC2)c([N+](=O)[O-])c1N. The molecular weight excluding hydrogens is 472 g/mol. The van der Waals surface area contributed by atoms with E-state index in [1.807, 2.05) is 50.6 Å². The minimum atomic E-state index is -0.705. The van der Waals surface area contributed by atoms with Crippen molar-refractivity contribution in [2.75, 3.05) is 52.0 Å². The molecule has 0 bridgehead atoms. The van der Waals surface area contributed by atoms with Crippen molar-refractivity contribution in [2.45, 2.75) is 44.6 Å². The summed E-state index contributed by atoms with van der Waals surface area (Å²) in [4.78, 5) is 33.0. The lowest BCUT2D eigenvalue weighted by atomic mass is 9.95. The number of ether oxygens (including phenoxy) is 1. The molecule has 0 saturated heterocycles. The average Bonchev–Trinajstić information content (AvgIpc) is 3.31. The summed E-state index contributed by atoms with van der Waals surface area (Å²) in [6, 6.07) is 7.82. The quantitative estimate of drug-likeness (QED) is 0.188. The molecule has 0 amide bonds. The van der Waals surface area contributed by atoms with Crippen LogP contribution in [-0.4, -0.2) is 66.7 Å². The Morgan fingerprint density at radius 1 is 1.19 bits per heavy atom. The number of hydrogen-bond acceptors (Lipinski definition) is 8. The van der Waals surface area contributed by atoms with Crippen molar-refractivity contribution < 1.29 is 14.5 Å². The van der Waals surface area contributed by atoms with Crippen molar-refractivity contribution in [1.82, 2.24) is 14.5 Å². The number of carbonyl (C=O) groups is 1. The van der Waals surface area contributed by atoms with E-state index in [-0.39, 0.29) is 16.9 Å². The Balaban J connectivity index is 1.82. The van der Waals surface area contributed by atoms with Crippen LogP contribution in [0.3, 0.4) is 0 Å². The van der Waals surface area contributed by atoms with Gasteiger partial charge in [0.2, 0.25) is 0 Å². The van der Waals surface area contributed by atoms with Crippen LogP contribution in [0.5, 0.6) is 0 Å². The van der Waals surface area contributed by atoms with Crippen molar-refractivity contribution in [3.05, 3.63) is 46.3 Å². The number of nitrogen functional groups attached to an aromatic ring is 1. The zero-order valence-corrected chi connectivity index (χ0v) is 22.1. The van der Waals surface area contributed by atoms with Gasteiger partial charge in [-0.2, -0.15) is 0 Å². The van der Waals surface area contributed by atoms with Crippen LogP contribution in [0.4, 0.5) is 17.1 Å². The van der Waals surface area contributed by atoms with Crippen LogP contribution in [0.2, 0.25) is 0 Å². The molecule has 198 valence electrons. The number of nitrogens with two attached hydrogens (primary N) is 1. The molecule has 1 fully saturated rings. The fourth-order valence-electron chi connectivity index (χ4n) is 5.31. The maximum atomic E-state index is 12.7. The van der Waals surface area contributed by atoms with E-state index < -0.39 is 10.9 Å². The highest BCUT2D eigenvalue weighted by atomic mass is 16.6. The summed E-state index contributed by atoms with van der Waals surface area (Å²) in [5.41, 5.74) is 9.08. The first-order valence-corrected chi connectivity index (χ1v) is 12.7. The lowest BCUT2D eigenvalue weighted by Crippen LogP contribution is -2.26. The number of nitro groups is 1. The van der Waals surface area contributed by atoms with Gasteiger partial charge in [0.05, 0.1) is 40.6 Å². The van der Waals surface area contributed by atoms with Gasteiger partial charge >= 0.3 is 11.7 Å². The minimum Gasteiger partial charge on any atom is -0.465 e. The third-order valence-electron chi connectivity index (χ3n) is 7.25. The average molecular weight is 509 g/mol. The molecule has 1 aromatic heterocycles. The molecule has 3 aromatic rings. The van der Waals surface area contributed by atoms with Crippen LogP contribution in [0.1, 0.15) is 54.9 Å². The normalized spacial score (nSPS) is 14.3. The number of methoxy groups -OCH3 is 1. The highest BCUT2D eigenvalue weighted by Crippen LogP contribution is 2.43. The summed E-state index contributed by atoms with van der Waals surface area (Å²) in [7, 11) is 7.08. The summed E-state index contributed by atoms with van der Waals surface area (Å²) in [6.07, 6.45) is 8.67. The minimum absolute atomic E-state index is 0.00737. The van der Waals surface area contributed by atoms with E-state index in [1.54, 1.807) is 6.07 Å². The fourth-order valence-corrected chi connectivity index (χ4v) is 5.31. The monoisotopic (exact) mass is 508 g/mol. The van der Waals surface area contributed by atoms with Crippen molar-refractivity contribution in [2.24, 2.45) is 0 Å². The predicted octanol–water partition coefficient (Wildman–Crippen LogP) is 4.87. The molecule has 10 nitrogen and oxygen atoms in total. The molecule has 0 radical (unpaired) electrons. The van der Waals surface area contributed by atoms with E-state index >= 15 is 0 Å². The number of carbonyl (C=O) groups excluding carboxylic acids is 1. The van der Waals surface area contributed by atoms with E-state index in [9.17, 15) is 14.9 Å². The van der Waals surface area contributed by atoms with E-state index in [0.717, 1.165) is 36.8 Å². The number of aromatic nitrogens is 2. The smallest absolute Gasteiger partial charge is 0.342 e. The largest absolute Gasteiger partial charge is 0.465 e. The Morgan fingerprint density at radius 2 is 1.92 bits per heavy atom. The van der Waals surface area contributed by atoms with Gasteiger partial charge in [-0.05, 0) is 63.7 Å². The number of esters is 1. The van der Waals surface area contributed by atoms with E-state index in [2.05, 4.69) is 14.5 Å². The third kappa shape index (κ3) is 5.39. The Kier molecular flexibility index (Phi) is 7.97. The van der Waals surface area contributed by atoms with Gasteiger partial charge in [0.1, 0.15) is 11.3 Å². The lowest BCUT2D eigenvalue weighted by molar-refractivity contribution is -0.383. The first kappa shape index (κ1) is 26.4. The van der Waals surface area contributed by atoms with Crippen LogP contribution in [0, 0.1) is 10.1 Å². The molecule has 1 heterocycles. The second kappa shape index (κ2) is 11.2. The molecule has 0 unspecified atom stereocenters. The molecule has 0 spiro atoms. The molecule has 0 atom stereocenters. The van der Waals surface area contributed by atoms with Gasteiger partial charge in [-0.25, -0.2) is 9.78 Å². The topological polar surface area (TPSA) is 120 Å². The Morgan fingerprint density at radius 3 is 2.57 bits per heavy atom. The zero-order chi connectivity index (χ0) is 26.7. The maximum Gasteiger partial charge on any atom is 0.342 e. The number of imidazole rings is 1. The standard InChI is InChI=1S/C27H36N6O4/c1-30(2)13-8-14-31(3)23-16-20(26(33(35)36)25(28)24(23)27(34)37-4)18-11-12-22-21(15-18)29-17-32(22)19-9-6-5-7-10-19/h11-12,15-17,19H,5-10,13-14,28H2,1-4H3. The van der Waals surface area contributed by atoms with Gasteiger partial charge in [-0.1, -0.05) is 25.3 Å². The maximum absolute atomic E-state index is 12.7. The Hall–Kier alpha value is -3.66. The zero-order valence-electron chi connectivity index (χ0n) is 22.1. The van der Waals surface area contributed by atoms with Crippen LogP contribution < -0.4 is 10.6 Å². The number of rotatable bonds is 9. The fraction of sp³-hybridized carbons (Fsp3) is 0.481. The molecule has 2 aromatic carbocycles. The van der Waals surface area contributed by atoms with Crippen LogP contribution in [-0.2, 0) is 4.74 Å². The molecule has 1 saturated carbocycles. The van der Waals surface area contributed by atoms with Gasteiger partial charge in [-0.3, -0.25) is 10.1 Å². The molecule has 2 N–H and O–H groups in total. The van der Waals surface area contributed by atoms with E-state index in [4.69, 9.17) is 10.5 Å². The summed E-state index contributed by atoms with van der Waals surface area (Å²) in [6.45, 7) is 1.48. The number of anilines is 2. The van der Waals surface area contributed by atoms with Gasteiger partial charge in [0, 0.05) is 19.6 Å². The van der Waals surface area contributed by atoms with E-state index in [1.165, 1.54) is 26.4 Å². The first-order chi connectivity index (χ1) is 17.7. The second-order valence-corrected chi connectivity index (χ2v) is 10.1. The lowest BCUT2D eigenvalue weighted by Gasteiger charge is -2.25. The number of fused-ring (bicyclic) bond motifs is 1. The highest BCUT2D eigenvalue weighted by molar-refractivity contribution is 6.06. The molecule has 37 heavy (non-hydrogen) atoms. The van der Waals surface area contributed by atoms with Gasteiger partial charge in [0.15, 0.2) is 0 Å². The van der Waals surface area contributed by atoms with Gasteiger partial charge in [-0.15, -0.1) is 0 Å². The first-order valence-electron chi connectivity index (χ1n) is 12.7. The highest BCUT2D eigenvalue weighted by Gasteiger charge is 2.31. The second-order valence-electron chi connectivity index (χ2n) is 10.1. The van der Waals surface area contributed by atoms with Crippen molar-refractivity contribution >= 4 is 34.1 Å². The van der Waals surface area contributed by atoms with Crippen molar-refractivity contribution in [3.8, 4) is 11.1 Å². The number of hydrogen-bond donors (Lipinski definition) is 1. The van der Waals surface area contributed by atoms with Crippen LogP contribution >= 0.6 is 0 Å². The molecule has 10 heteroatoms. The molecular formula is C27H36N6O4. The summed E-state index contributed by atoms with van der Waals surface area (Å²) in [5.74, 6) is -0.705. The summed E-state index contributed by atoms with van der Waals surface area (Å²) >= 11 is 0. The number of nitro benzene ring substituents is 1.